The Bertz CT molecular complexity index is 1850. The Kier molecular flexibility index (Phi) is 12.3. The fraction of sp³-hybridized carbons (Fsp3) is 0.595. The average Bonchev–Trinajstić information content (AvgIpc) is 3.43. The Morgan fingerprint density at radius 2 is 1.98 bits per heavy atom. The van der Waals surface area contributed by atoms with E-state index < -0.39 is 16.9 Å². The molecule has 1 aromatic heterocycles. The summed E-state index contributed by atoms with van der Waals surface area (Å²) in [6, 6.07) is 6.39. The van der Waals surface area contributed by atoms with Gasteiger partial charge < -0.3 is 25.5 Å². The monoisotopic (exact) mass is 773 g/mol. The predicted molar refractivity (Wildman–Crippen MR) is 219 cm³/mol. The van der Waals surface area contributed by atoms with Gasteiger partial charge in [-0.25, -0.2) is 5.43 Å². The minimum absolute atomic E-state index is 0.0519. The second kappa shape index (κ2) is 16.4. The Labute approximate surface area is 327 Å². The molecule has 2 radical (unpaired) electrons. The van der Waals surface area contributed by atoms with Crippen LogP contribution in [-0.2, 0) is 36.8 Å². The van der Waals surface area contributed by atoms with Gasteiger partial charge in [0.2, 0.25) is 5.91 Å². The number of aromatic nitrogens is 1. The number of carbonyl (C=O) groups is 3. The zero-order chi connectivity index (χ0) is 38.9. The van der Waals surface area contributed by atoms with Crippen molar-refractivity contribution in [2.24, 2.45) is 28.2 Å². The molecule has 1 saturated carbocycles. The number of nitrogens with one attached hydrogen (secondary N) is 1. The van der Waals surface area contributed by atoms with Gasteiger partial charge in [-0.15, -0.1) is 11.8 Å². The topological polar surface area (TPSA) is 142 Å². The number of allylic oxidation sites excluding steroid dienone is 2. The van der Waals surface area contributed by atoms with Crippen molar-refractivity contribution in [3.05, 3.63) is 58.8 Å². The molecule has 1 amide bonds. The van der Waals surface area contributed by atoms with Crippen molar-refractivity contribution in [3.8, 4) is 0 Å². The zero-order valence-corrected chi connectivity index (χ0v) is 34.8. The largest absolute Gasteiger partial charge is 0.464 e. The van der Waals surface area contributed by atoms with E-state index in [0.29, 0.717) is 65.7 Å². The quantitative estimate of drug-likeness (QED) is 0.154. The Morgan fingerprint density at radius 3 is 2.59 bits per heavy atom. The van der Waals surface area contributed by atoms with Gasteiger partial charge >= 0.3 is 5.97 Å². The third-order valence-corrected chi connectivity index (χ3v) is 15.5. The van der Waals surface area contributed by atoms with E-state index in [1.807, 2.05) is 12.3 Å². The van der Waals surface area contributed by atoms with Gasteiger partial charge in [0.1, 0.15) is 11.8 Å². The second-order valence-corrected chi connectivity index (χ2v) is 18.9. The number of amides is 1. The van der Waals surface area contributed by atoms with Gasteiger partial charge in [0.05, 0.1) is 33.3 Å². The Hall–Kier alpha value is -3.32. The number of aryl methyl sites for hydroxylation is 1. The summed E-state index contributed by atoms with van der Waals surface area (Å²) in [6.07, 6.45) is 7.61. The number of cyclic esters (lactones) is 1. The van der Waals surface area contributed by atoms with Crippen molar-refractivity contribution in [2.75, 3.05) is 20.3 Å². The van der Waals surface area contributed by atoms with Crippen LogP contribution in [0.5, 0.6) is 0 Å². The van der Waals surface area contributed by atoms with Crippen LogP contribution in [0.2, 0.25) is 11.6 Å². The molecule has 12 heteroatoms. The van der Waals surface area contributed by atoms with Crippen molar-refractivity contribution in [1.82, 2.24) is 15.0 Å². The summed E-state index contributed by atoms with van der Waals surface area (Å²) < 4.78 is 14.0. The lowest BCUT2D eigenvalue weighted by Gasteiger charge is -2.52. The lowest BCUT2D eigenvalue weighted by Crippen LogP contribution is -2.64. The minimum Gasteiger partial charge on any atom is -0.464 e. The number of benzene rings is 1. The number of nitrogens with two attached hydrogens (primary N) is 2. The highest BCUT2D eigenvalue weighted by molar-refractivity contribution is 8.02. The van der Waals surface area contributed by atoms with Crippen LogP contribution in [0.25, 0.3) is 22.2 Å². The number of rotatable bonds is 8. The number of hydrazine groups is 1. The summed E-state index contributed by atoms with van der Waals surface area (Å²) in [4.78, 5) is 42.4. The van der Waals surface area contributed by atoms with Crippen molar-refractivity contribution in [1.29, 1.82) is 0 Å². The number of ether oxygens (including phenoxy) is 2. The molecule has 1 spiro atoms. The summed E-state index contributed by atoms with van der Waals surface area (Å²) in [5.41, 5.74) is 21.4. The van der Waals surface area contributed by atoms with Crippen LogP contribution >= 0.6 is 11.8 Å². The summed E-state index contributed by atoms with van der Waals surface area (Å²) in [7, 11) is 2.08. The summed E-state index contributed by atoms with van der Waals surface area (Å²) in [5, 5.41) is 4.80. The highest BCUT2D eigenvalue weighted by Crippen LogP contribution is 2.56. The standard InChI is InChI=1S/C42H59N5O5SSi/c1-8-28-20-42(24-54-38(42)37(48)26-13-11-14-26)40(50)47-18-12-15-33(45-47)39(49)52-23-41(5,6)21-31-30-19-27(32(43)22-53-28)16-17-34(30)46(10-3)36(31)29(9-2)35(44)25(4)51-7/h9,16-17,19,22,25-26,28,33,38,45H,2,8,10-15,18,20-21,23-24,43-44H2,1,3-7H3/b32-22-,35-29+/t25-,28?,33-,38?,42?/m0/s1. The SMILES string of the molecule is C=C/C(=C(\N)[C@H](C)OC)c1c2c3cc(ccc3n1CC)/C(N)=C/SC(CC)CC1(C[Si]C1C(=O)C1CCC1)C(=O)N1CCC[C@H](N1)C(=O)OCC(C)(C)C2. The minimum atomic E-state index is -0.795. The van der Waals surface area contributed by atoms with Crippen LogP contribution in [0, 0.1) is 16.7 Å². The second-order valence-electron chi connectivity index (χ2n) is 16.4. The lowest BCUT2D eigenvalue weighted by atomic mass is 9.71. The number of thioether (sulfide) groups is 1. The van der Waals surface area contributed by atoms with E-state index in [9.17, 15) is 14.4 Å². The van der Waals surface area contributed by atoms with E-state index in [1.54, 1.807) is 30.0 Å². The van der Waals surface area contributed by atoms with Crippen LogP contribution in [0.3, 0.4) is 0 Å². The summed E-state index contributed by atoms with van der Waals surface area (Å²) >= 11 is 1.66. The van der Waals surface area contributed by atoms with Gasteiger partial charge in [-0.3, -0.25) is 19.4 Å². The molecule has 2 aromatic rings. The lowest BCUT2D eigenvalue weighted by molar-refractivity contribution is -0.159. The van der Waals surface area contributed by atoms with Crippen molar-refractivity contribution in [3.63, 3.8) is 0 Å². The molecule has 4 aliphatic rings. The third-order valence-electron chi connectivity index (χ3n) is 12.2. The Balaban J connectivity index is 1.47. The van der Waals surface area contributed by atoms with Crippen molar-refractivity contribution in [2.45, 2.75) is 122 Å². The molecule has 4 bridgehead atoms. The number of methoxy groups -OCH3 is 1. The molecule has 5 atom stereocenters. The highest BCUT2D eigenvalue weighted by atomic mass is 32.2. The van der Waals surface area contributed by atoms with E-state index in [-0.39, 0.29) is 47.1 Å². The average molecular weight is 774 g/mol. The fourth-order valence-electron chi connectivity index (χ4n) is 8.54. The van der Waals surface area contributed by atoms with Gasteiger partial charge in [-0.2, -0.15) is 0 Å². The maximum Gasteiger partial charge on any atom is 0.324 e. The first-order valence-electron chi connectivity index (χ1n) is 19.7. The van der Waals surface area contributed by atoms with Gasteiger partial charge in [0.25, 0.3) is 0 Å². The molecule has 3 aliphatic heterocycles. The van der Waals surface area contributed by atoms with Crippen LogP contribution in [0.15, 0.2) is 42.0 Å². The zero-order valence-electron chi connectivity index (χ0n) is 33.0. The molecule has 10 nitrogen and oxygen atoms in total. The van der Waals surface area contributed by atoms with Crippen LogP contribution < -0.4 is 16.9 Å². The van der Waals surface area contributed by atoms with E-state index in [4.69, 9.17) is 20.9 Å². The predicted octanol–water partition coefficient (Wildman–Crippen LogP) is 6.61. The number of Topliss-reactive ketones (excluding diaryl/α,β-unsaturated/α-hetero) is 1. The maximum absolute atomic E-state index is 14.7. The first kappa shape index (κ1) is 40.3. The van der Waals surface area contributed by atoms with E-state index >= 15 is 0 Å². The van der Waals surface area contributed by atoms with E-state index in [1.165, 1.54) is 0 Å². The molecule has 54 heavy (non-hydrogen) atoms. The molecule has 292 valence electrons. The molecule has 3 unspecified atom stereocenters. The normalized spacial score (nSPS) is 28.8. The van der Waals surface area contributed by atoms with Gasteiger partial charge in [-0.05, 0) is 93.5 Å². The number of fused-ring (bicyclic) bond motifs is 3. The number of hydrogen-bond donors (Lipinski definition) is 3. The van der Waals surface area contributed by atoms with Crippen LogP contribution in [-0.4, -0.2) is 74.4 Å². The number of esters is 1. The number of hydrogen-bond acceptors (Lipinski definition) is 9. The first-order valence-corrected chi connectivity index (χ1v) is 22.0. The third kappa shape index (κ3) is 7.60. The Morgan fingerprint density at radius 1 is 1.22 bits per heavy atom. The van der Waals surface area contributed by atoms with Crippen LogP contribution in [0.4, 0.5) is 0 Å². The molecule has 3 fully saturated rings. The molecule has 1 aliphatic carbocycles. The smallest absolute Gasteiger partial charge is 0.324 e. The molecule has 6 rings (SSSR count). The van der Waals surface area contributed by atoms with Gasteiger partial charge in [0.15, 0.2) is 0 Å². The maximum atomic E-state index is 14.7. The summed E-state index contributed by atoms with van der Waals surface area (Å²) in [6.45, 7) is 15.9. The number of nitrogens with zero attached hydrogens (tertiary/aromatic N) is 2. The molecule has 1 aromatic carbocycles. The van der Waals surface area contributed by atoms with Crippen molar-refractivity contribution >= 4 is 61.1 Å². The number of ketones is 1. The van der Waals surface area contributed by atoms with E-state index in [2.05, 4.69) is 62.5 Å². The molecule has 5 N–H and O–H groups in total. The molecule has 2 saturated heterocycles. The van der Waals surface area contributed by atoms with Crippen LogP contribution in [0.1, 0.15) is 96.4 Å². The van der Waals surface area contributed by atoms with Gasteiger partial charge in [0, 0.05) is 70.2 Å². The number of carbonyl (C=O) groups excluding carboxylic acids is 3. The highest BCUT2D eigenvalue weighted by Gasteiger charge is 2.59. The molecular weight excluding hydrogens is 715 g/mol. The summed E-state index contributed by atoms with van der Waals surface area (Å²) in [5.74, 6) is -0.0941. The van der Waals surface area contributed by atoms with E-state index in [0.717, 1.165) is 59.0 Å². The fourth-order valence-corrected chi connectivity index (χ4v) is 11.5. The molecule has 4 heterocycles. The van der Waals surface area contributed by atoms with Crippen molar-refractivity contribution < 1.29 is 23.9 Å². The first-order chi connectivity index (χ1) is 25.8. The molecular formula is C42H59N5O5SSi. The van der Waals surface area contributed by atoms with Gasteiger partial charge in [-0.1, -0.05) is 45.9 Å².